The van der Waals surface area contributed by atoms with E-state index in [9.17, 15) is 22.8 Å². The molecule has 5 rings (SSSR count). The Morgan fingerprint density at radius 2 is 1.62 bits per heavy atom. The normalized spacial score (nSPS) is 17.5. The van der Waals surface area contributed by atoms with Crippen LogP contribution in [-0.4, -0.2) is 66.0 Å². The minimum absolute atomic E-state index is 0.116. The Labute approximate surface area is 213 Å². The number of fused-ring (bicyclic) bond motifs is 2. The van der Waals surface area contributed by atoms with Gasteiger partial charge in [-0.1, -0.05) is 30.3 Å². The predicted octanol–water partition coefficient (Wildman–Crippen LogP) is 4.99. The summed E-state index contributed by atoms with van der Waals surface area (Å²) in [5.74, 6) is -1.33. The fourth-order valence-electron chi connectivity index (χ4n) is 5.70. The lowest BCUT2D eigenvalue weighted by Crippen LogP contribution is -2.56. The molecule has 9 heteroatoms. The number of likely N-dealkylation sites (tertiary alicyclic amines) is 1. The number of Topliss-reactive ketones (excluding diaryl/α,β-unsaturated/α-hetero) is 1. The monoisotopic (exact) mass is 511 g/mol. The van der Waals surface area contributed by atoms with Gasteiger partial charge in [0.1, 0.15) is 5.75 Å². The fourth-order valence-corrected chi connectivity index (χ4v) is 5.70. The van der Waals surface area contributed by atoms with Gasteiger partial charge in [0, 0.05) is 43.0 Å². The van der Waals surface area contributed by atoms with E-state index in [0.29, 0.717) is 56.0 Å². The molecular formula is C28H28F3N3O3. The second kappa shape index (κ2) is 9.37. The Hall–Kier alpha value is -3.59. The first-order valence-corrected chi connectivity index (χ1v) is 12.2. The second-order valence-corrected chi connectivity index (χ2v) is 9.61. The minimum Gasteiger partial charge on any atom is -0.496 e. The molecule has 1 spiro atoms. The van der Waals surface area contributed by atoms with E-state index in [1.165, 1.54) is 10.6 Å². The maximum atomic E-state index is 13.4. The van der Waals surface area contributed by atoms with Crippen molar-refractivity contribution < 1.29 is 27.5 Å². The van der Waals surface area contributed by atoms with Crippen LogP contribution in [0.4, 0.5) is 13.2 Å². The molecule has 1 fully saturated rings. The summed E-state index contributed by atoms with van der Waals surface area (Å²) in [5.41, 5.74) is 2.25. The molecule has 3 heterocycles. The van der Waals surface area contributed by atoms with Gasteiger partial charge in [-0.05, 0) is 55.8 Å². The molecule has 0 bridgehead atoms. The average molecular weight is 512 g/mol. The number of ether oxygens (including phenoxy) is 1. The van der Waals surface area contributed by atoms with Crippen LogP contribution in [-0.2, 0) is 12.1 Å². The van der Waals surface area contributed by atoms with Crippen molar-refractivity contribution in [3.63, 3.8) is 0 Å². The third-order valence-corrected chi connectivity index (χ3v) is 7.75. The first-order chi connectivity index (χ1) is 17.7. The highest BCUT2D eigenvalue weighted by Crippen LogP contribution is 2.42. The van der Waals surface area contributed by atoms with Gasteiger partial charge in [-0.25, -0.2) is 0 Å². The van der Waals surface area contributed by atoms with E-state index in [0.717, 1.165) is 11.1 Å². The van der Waals surface area contributed by atoms with Crippen LogP contribution in [0.1, 0.15) is 39.4 Å². The number of alkyl halides is 3. The van der Waals surface area contributed by atoms with Crippen LogP contribution in [0.2, 0.25) is 0 Å². The Kier molecular flexibility index (Phi) is 6.35. The van der Waals surface area contributed by atoms with E-state index >= 15 is 0 Å². The number of ketones is 1. The van der Waals surface area contributed by atoms with Gasteiger partial charge < -0.3 is 14.2 Å². The molecule has 0 atom stereocenters. The summed E-state index contributed by atoms with van der Waals surface area (Å²) in [6, 6.07) is 18.1. The van der Waals surface area contributed by atoms with Crippen molar-refractivity contribution in [2.75, 3.05) is 33.8 Å². The number of benzene rings is 2. The number of methoxy groups -OCH3 is 1. The maximum absolute atomic E-state index is 13.4. The van der Waals surface area contributed by atoms with E-state index in [4.69, 9.17) is 4.74 Å². The molecule has 2 aliphatic rings. The van der Waals surface area contributed by atoms with E-state index < -0.39 is 17.5 Å². The zero-order valence-corrected chi connectivity index (χ0v) is 20.7. The molecule has 1 saturated heterocycles. The molecule has 2 aromatic carbocycles. The largest absolute Gasteiger partial charge is 0.496 e. The van der Waals surface area contributed by atoms with Crippen LogP contribution in [0.3, 0.4) is 0 Å². The van der Waals surface area contributed by atoms with Crippen molar-refractivity contribution in [1.82, 2.24) is 14.4 Å². The average Bonchev–Trinajstić information content (AvgIpc) is 3.35. The van der Waals surface area contributed by atoms with Crippen LogP contribution in [0.15, 0.2) is 60.7 Å². The van der Waals surface area contributed by atoms with E-state index in [-0.39, 0.29) is 11.6 Å². The molecule has 1 aromatic heterocycles. The van der Waals surface area contributed by atoms with Gasteiger partial charge in [-0.3, -0.25) is 14.5 Å². The van der Waals surface area contributed by atoms with Gasteiger partial charge in [0.2, 0.25) is 0 Å². The molecular weight excluding hydrogens is 483 g/mol. The molecule has 1 amide bonds. The van der Waals surface area contributed by atoms with E-state index in [2.05, 4.69) is 4.90 Å². The second-order valence-electron chi connectivity index (χ2n) is 9.61. The number of nitrogens with zero attached hydrogens (tertiary/aromatic N) is 3. The number of halogens is 3. The highest BCUT2D eigenvalue weighted by molar-refractivity contribution is 5.99. The van der Waals surface area contributed by atoms with Crippen LogP contribution in [0.25, 0.3) is 11.1 Å². The van der Waals surface area contributed by atoms with Crippen molar-refractivity contribution in [3.8, 4) is 16.9 Å². The number of hydrogen-bond donors (Lipinski definition) is 0. The summed E-state index contributed by atoms with van der Waals surface area (Å²) in [6.45, 7) is 1.72. The topological polar surface area (TPSA) is 54.8 Å². The first-order valence-electron chi connectivity index (χ1n) is 12.2. The number of hydrogen-bond acceptors (Lipinski definition) is 4. The van der Waals surface area contributed by atoms with Crippen LogP contribution in [0, 0.1) is 0 Å². The van der Waals surface area contributed by atoms with Gasteiger partial charge in [0.25, 0.3) is 11.7 Å². The van der Waals surface area contributed by atoms with Gasteiger partial charge in [-0.2, -0.15) is 13.2 Å². The molecule has 37 heavy (non-hydrogen) atoms. The van der Waals surface area contributed by atoms with Crippen LogP contribution in [0.5, 0.6) is 5.75 Å². The number of amides is 1. The van der Waals surface area contributed by atoms with Gasteiger partial charge in [-0.15, -0.1) is 0 Å². The molecule has 6 nitrogen and oxygen atoms in total. The molecule has 194 valence electrons. The lowest BCUT2D eigenvalue weighted by molar-refractivity contribution is -0.0892. The molecule has 0 unspecified atom stereocenters. The summed E-state index contributed by atoms with van der Waals surface area (Å²) in [6.07, 6.45) is -3.81. The number of carbonyl (C=O) groups excluding carboxylic acids is 2. The lowest BCUT2D eigenvalue weighted by Gasteiger charge is -2.50. The van der Waals surface area contributed by atoms with Gasteiger partial charge in [0.15, 0.2) is 0 Å². The van der Waals surface area contributed by atoms with Crippen LogP contribution >= 0.6 is 0 Å². The maximum Gasteiger partial charge on any atom is 0.456 e. The Balaban J connectivity index is 1.37. The Bertz CT molecular complexity index is 1330. The third-order valence-electron chi connectivity index (χ3n) is 7.75. The molecule has 0 N–H and O–H groups in total. The van der Waals surface area contributed by atoms with E-state index in [1.54, 1.807) is 30.2 Å². The van der Waals surface area contributed by atoms with Gasteiger partial charge >= 0.3 is 6.18 Å². The molecule has 2 aliphatic heterocycles. The summed E-state index contributed by atoms with van der Waals surface area (Å²) >= 11 is 0. The summed E-state index contributed by atoms with van der Waals surface area (Å²) in [5, 5.41) is 0. The highest BCUT2D eigenvalue weighted by atomic mass is 19.4. The number of rotatable bonds is 4. The van der Waals surface area contributed by atoms with Crippen molar-refractivity contribution in [2.24, 2.45) is 0 Å². The van der Waals surface area contributed by atoms with Crippen molar-refractivity contribution >= 4 is 11.7 Å². The molecule has 3 aromatic rings. The number of piperidine rings is 1. The summed E-state index contributed by atoms with van der Waals surface area (Å²) in [7, 11) is 3.53. The zero-order valence-electron chi connectivity index (χ0n) is 20.7. The Morgan fingerprint density at radius 1 is 0.919 bits per heavy atom. The zero-order chi connectivity index (χ0) is 26.4. The third kappa shape index (κ3) is 4.31. The van der Waals surface area contributed by atoms with Crippen LogP contribution < -0.4 is 4.74 Å². The van der Waals surface area contributed by atoms with Crippen molar-refractivity contribution in [2.45, 2.75) is 31.1 Å². The lowest BCUT2D eigenvalue weighted by atomic mass is 9.81. The number of likely N-dealkylation sites (N-methyl/N-ethyl adjacent to an activating group) is 1. The molecule has 0 radical (unpaired) electrons. The smallest absolute Gasteiger partial charge is 0.456 e. The first kappa shape index (κ1) is 25.1. The number of carbonyl (C=O) groups is 2. The molecule has 0 saturated carbocycles. The summed E-state index contributed by atoms with van der Waals surface area (Å²) < 4.78 is 46.5. The number of aromatic nitrogens is 1. The standard InChI is InChI=1S/C28H28F3N3O3/c1-32-16-17-34-22(25(35)28(29,30)31)10-11-24(34)27(32)12-14-33(15-13-27)26(36)20-8-9-21(23(18-20)37-2)19-6-4-3-5-7-19/h3-11,18H,12-17H2,1-2H3. The highest BCUT2D eigenvalue weighted by Gasteiger charge is 2.47. The quantitative estimate of drug-likeness (QED) is 0.464. The van der Waals surface area contributed by atoms with Crippen molar-refractivity contribution in [1.29, 1.82) is 0 Å². The fraction of sp³-hybridized carbons (Fsp3) is 0.357. The summed E-state index contributed by atoms with van der Waals surface area (Å²) in [4.78, 5) is 29.3. The minimum atomic E-state index is -4.92. The van der Waals surface area contributed by atoms with Crippen molar-refractivity contribution in [3.05, 3.63) is 77.6 Å². The molecule has 0 aliphatic carbocycles. The van der Waals surface area contributed by atoms with E-state index in [1.807, 2.05) is 43.4 Å². The SMILES string of the molecule is COc1cc(C(=O)N2CCC3(CC2)c2ccc(C(=O)C(F)(F)F)n2CCN3C)ccc1-c1ccccc1. The Morgan fingerprint density at radius 3 is 2.27 bits per heavy atom. The van der Waals surface area contributed by atoms with Gasteiger partial charge in [0.05, 0.1) is 18.3 Å². The predicted molar refractivity (Wildman–Crippen MR) is 133 cm³/mol.